The molecule has 0 saturated heterocycles. The Hall–Kier alpha value is -1.37. The van der Waals surface area contributed by atoms with Gasteiger partial charge in [-0.05, 0) is 42.6 Å². The molecule has 0 radical (unpaired) electrons. The summed E-state index contributed by atoms with van der Waals surface area (Å²) in [7, 11) is 1.67. The molecule has 0 unspecified atom stereocenters. The predicted octanol–water partition coefficient (Wildman–Crippen LogP) is 3.34. The van der Waals surface area contributed by atoms with Crippen LogP contribution in [0.4, 0.5) is 0 Å². The third kappa shape index (κ3) is 4.18. The molecule has 132 valence electrons. The molecule has 0 atom stereocenters. The molecule has 0 bridgehead atoms. The van der Waals surface area contributed by atoms with E-state index in [0.29, 0.717) is 24.2 Å². The topological polar surface area (TPSA) is 76.5 Å². The molecule has 0 aliphatic heterocycles. The minimum Gasteiger partial charge on any atom is -0.422 e. The first-order valence-electron chi connectivity index (χ1n) is 7.35. The number of nitrogens with two attached hydrogens (primary N) is 1. The van der Waals surface area contributed by atoms with Crippen molar-refractivity contribution in [3.8, 4) is 0 Å². The van der Waals surface area contributed by atoms with Crippen LogP contribution in [0.5, 0.6) is 0 Å². The summed E-state index contributed by atoms with van der Waals surface area (Å²) in [4.78, 5) is 26.5. The number of rotatable bonds is 4. The summed E-state index contributed by atoms with van der Waals surface area (Å²) < 4.78 is 6.17. The van der Waals surface area contributed by atoms with Crippen molar-refractivity contribution in [2.75, 3.05) is 20.1 Å². The number of amides is 1. The van der Waals surface area contributed by atoms with Gasteiger partial charge in [-0.15, -0.1) is 12.4 Å². The van der Waals surface area contributed by atoms with Crippen LogP contribution in [0.25, 0.3) is 11.0 Å². The number of benzene rings is 1. The zero-order chi connectivity index (χ0) is 17.4. The lowest BCUT2D eigenvalue weighted by molar-refractivity contribution is 0.0735. The van der Waals surface area contributed by atoms with E-state index in [1.54, 1.807) is 26.1 Å². The summed E-state index contributed by atoms with van der Waals surface area (Å²) in [6.45, 7) is 6.62. The van der Waals surface area contributed by atoms with Gasteiger partial charge in [0.05, 0.1) is 0 Å². The Morgan fingerprint density at radius 1 is 1.38 bits per heavy atom. The summed E-state index contributed by atoms with van der Waals surface area (Å²) in [5.74, 6) is -0.348. The van der Waals surface area contributed by atoms with E-state index in [0.717, 1.165) is 9.86 Å². The molecule has 7 heteroatoms. The summed E-state index contributed by atoms with van der Waals surface area (Å²) >= 11 is 3.40. The highest BCUT2D eigenvalue weighted by Crippen LogP contribution is 2.24. The Morgan fingerprint density at radius 2 is 2.00 bits per heavy atom. The van der Waals surface area contributed by atoms with Crippen LogP contribution in [-0.2, 0) is 0 Å². The average Bonchev–Trinajstić information content (AvgIpc) is 2.47. The van der Waals surface area contributed by atoms with Crippen molar-refractivity contribution in [3.05, 3.63) is 44.2 Å². The smallest absolute Gasteiger partial charge is 0.349 e. The summed E-state index contributed by atoms with van der Waals surface area (Å²) in [6, 6.07) is 5.35. The van der Waals surface area contributed by atoms with Crippen molar-refractivity contribution in [1.29, 1.82) is 0 Å². The number of hydrogen-bond acceptors (Lipinski definition) is 4. The Labute approximate surface area is 155 Å². The van der Waals surface area contributed by atoms with Gasteiger partial charge in [-0.25, -0.2) is 4.79 Å². The number of halogens is 2. The van der Waals surface area contributed by atoms with E-state index in [9.17, 15) is 9.59 Å². The van der Waals surface area contributed by atoms with Gasteiger partial charge in [0.15, 0.2) is 0 Å². The molecule has 0 spiro atoms. The van der Waals surface area contributed by atoms with Gasteiger partial charge in [-0.3, -0.25) is 4.79 Å². The monoisotopic (exact) mass is 416 g/mol. The van der Waals surface area contributed by atoms with Gasteiger partial charge >= 0.3 is 5.63 Å². The van der Waals surface area contributed by atoms with E-state index in [4.69, 9.17) is 10.2 Å². The second kappa shape index (κ2) is 7.68. The van der Waals surface area contributed by atoms with Crippen LogP contribution in [0, 0.1) is 12.3 Å². The number of carbonyl (C=O) groups is 1. The number of hydrogen-bond donors (Lipinski definition) is 1. The Kier molecular flexibility index (Phi) is 6.61. The third-order valence-electron chi connectivity index (χ3n) is 3.91. The minimum atomic E-state index is -0.611. The molecule has 1 amide bonds. The predicted molar refractivity (Wildman–Crippen MR) is 102 cm³/mol. The highest BCUT2D eigenvalue weighted by Gasteiger charge is 2.26. The number of aryl methyl sites for hydroxylation is 1. The maximum Gasteiger partial charge on any atom is 0.349 e. The zero-order valence-corrected chi connectivity index (χ0v) is 16.6. The van der Waals surface area contributed by atoms with Crippen molar-refractivity contribution in [3.63, 3.8) is 0 Å². The normalized spacial score (nSPS) is 11.2. The molecule has 5 nitrogen and oxygen atoms in total. The maximum absolute atomic E-state index is 12.7. The number of carbonyl (C=O) groups excluding carboxylic acids is 1. The van der Waals surface area contributed by atoms with Gasteiger partial charge in [0.1, 0.15) is 11.1 Å². The van der Waals surface area contributed by atoms with E-state index >= 15 is 0 Å². The Balaban J connectivity index is 0.00000288. The van der Waals surface area contributed by atoms with Crippen LogP contribution in [0.1, 0.15) is 29.8 Å². The fourth-order valence-corrected chi connectivity index (χ4v) is 2.90. The van der Waals surface area contributed by atoms with Gasteiger partial charge in [-0.2, -0.15) is 0 Å². The Bertz CT molecular complexity index is 817. The molecule has 1 aromatic heterocycles. The van der Waals surface area contributed by atoms with Crippen molar-refractivity contribution in [1.82, 2.24) is 4.90 Å². The molecule has 2 N–H and O–H groups in total. The molecule has 1 heterocycles. The summed E-state index contributed by atoms with van der Waals surface area (Å²) in [6.07, 6.45) is 0. The van der Waals surface area contributed by atoms with Gasteiger partial charge in [-0.1, -0.05) is 29.8 Å². The quantitative estimate of drug-likeness (QED) is 0.774. The lowest BCUT2D eigenvalue weighted by Gasteiger charge is -2.29. The second-order valence-electron chi connectivity index (χ2n) is 6.56. The molecule has 0 fully saturated rings. The molecule has 2 rings (SSSR count). The third-order valence-corrected chi connectivity index (χ3v) is 4.40. The molecule has 2 aromatic rings. The number of fused-ring (bicyclic) bond motifs is 1. The van der Waals surface area contributed by atoms with Crippen LogP contribution in [0.2, 0.25) is 0 Å². The van der Waals surface area contributed by atoms with E-state index in [1.165, 1.54) is 4.90 Å². The van der Waals surface area contributed by atoms with Crippen molar-refractivity contribution in [2.24, 2.45) is 11.1 Å². The van der Waals surface area contributed by atoms with Gasteiger partial charge in [0.2, 0.25) is 0 Å². The molecule has 0 aliphatic carbocycles. The van der Waals surface area contributed by atoms with E-state index in [1.807, 2.05) is 19.9 Å². The second-order valence-corrected chi connectivity index (χ2v) is 7.48. The summed E-state index contributed by atoms with van der Waals surface area (Å²) in [5.41, 5.74) is 6.06. The Morgan fingerprint density at radius 3 is 2.58 bits per heavy atom. The van der Waals surface area contributed by atoms with Crippen molar-refractivity contribution < 1.29 is 9.21 Å². The lowest BCUT2D eigenvalue weighted by atomic mass is 9.93. The van der Waals surface area contributed by atoms with Crippen LogP contribution < -0.4 is 11.4 Å². The lowest BCUT2D eigenvalue weighted by Crippen LogP contribution is -2.41. The molecule has 1 aromatic carbocycles. The largest absolute Gasteiger partial charge is 0.422 e. The van der Waals surface area contributed by atoms with Crippen LogP contribution >= 0.6 is 28.3 Å². The average molecular weight is 418 g/mol. The molecular weight excluding hydrogens is 396 g/mol. The maximum atomic E-state index is 12.7. The highest BCUT2D eigenvalue weighted by atomic mass is 79.9. The molecule has 0 aliphatic rings. The molecule has 24 heavy (non-hydrogen) atoms. The first-order chi connectivity index (χ1) is 10.7. The van der Waals surface area contributed by atoms with Gasteiger partial charge in [0, 0.05) is 23.5 Å². The fraction of sp³-hybridized carbons (Fsp3) is 0.412. The molecular formula is C17H22BrClN2O3. The number of nitrogens with zero attached hydrogens (tertiary/aromatic N) is 1. The highest BCUT2D eigenvalue weighted by molar-refractivity contribution is 9.10. The van der Waals surface area contributed by atoms with Crippen LogP contribution in [0.15, 0.2) is 31.9 Å². The first-order valence-corrected chi connectivity index (χ1v) is 8.14. The first kappa shape index (κ1) is 20.7. The summed E-state index contributed by atoms with van der Waals surface area (Å²) in [5, 5.41) is 0.744. The van der Waals surface area contributed by atoms with E-state index in [2.05, 4.69) is 15.9 Å². The minimum absolute atomic E-state index is 0. The van der Waals surface area contributed by atoms with Crippen LogP contribution in [-0.4, -0.2) is 30.9 Å². The SMILES string of the molecule is Cc1c(C(=O)N(C)CC(C)(C)CN)c(=O)oc2ccc(Br)cc12.Cl. The fourth-order valence-electron chi connectivity index (χ4n) is 2.54. The molecule has 0 saturated carbocycles. The van der Waals surface area contributed by atoms with Crippen molar-refractivity contribution >= 4 is 45.2 Å². The van der Waals surface area contributed by atoms with Crippen molar-refractivity contribution in [2.45, 2.75) is 20.8 Å². The van der Waals surface area contributed by atoms with Gasteiger partial charge in [0.25, 0.3) is 5.91 Å². The standard InChI is InChI=1S/C17H21BrN2O3.ClH/c1-10-12-7-11(18)5-6-13(12)23-16(22)14(10)15(21)20(4)9-17(2,3)8-19;/h5-7H,8-9,19H2,1-4H3;1H. The van der Waals surface area contributed by atoms with E-state index in [-0.39, 0.29) is 29.3 Å². The van der Waals surface area contributed by atoms with Crippen LogP contribution in [0.3, 0.4) is 0 Å². The zero-order valence-electron chi connectivity index (χ0n) is 14.2. The van der Waals surface area contributed by atoms with E-state index < -0.39 is 5.63 Å². The van der Waals surface area contributed by atoms with Gasteiger partial charge < -0.3 is 15.1 Å².